The van der Waals surface area contributed by atoms with Crippen LogP contribution in [0.3, 0.4) is 0 Å². The highest BCUT2D eigenvalue weighted by atomic mass is 32.2. The molecule has 7 unspecified atom stereocenters. The predicted molar refractivity (Wildman–Crippen MR) is 447 cm³/mol. The molecule has 1 aliphatic carbocycles. The van der Waals surface area contributed by atoms with Gasteiger partial charge < -0.3 is 76.1 Å². The number of likely N-dealkylation sites (tertiary alicyclic amines) is 1. The van der Waals surface area contributed by atoms with Gasteiger partial charge in [-0.3, -0.25) is 33.7 Å². The number of thioether (sulfide) groups is 3. The molecule has 13 atom stereocenters. The average molecular weight is 1620 g/mol. The number of nitrogens with two attached hydrogens (primary N) is 1. The minimum atomic E-state index is -2.66. The number of hydrogen-bond acceptors (Lipinski definition) is 25. The van der Waals surface area contributed by atoms with Gasteiger partial charge in [-0.05, 0) is 105 Å². The summed E-state index contributed by atoms with van der Waals surface area (Å²) in [5.41, 5.74) is 6.22. The summed E-state index contributed by atoms with van der Waals surface area (Å²) in [6.45, 7) is 21.0. The Morgan fingerprint density at radius 2 is 1.28 bits per heavy atom. The maximum Gasteiger partial charge on any atom is 0.405 e. The summed E-state index contributed by atoms with van der Waals surface area (Å²) in [6, 6.07) is 23.2. The molecular weight excluding hydrogens is 1500 g/mol. The molecule has 4 saturated heterocycles. The molecule has 2 bridgehead atoms. The van der Waals surface area contributed by atoms with Gasteiger partial charge in [0.15, 0.2) is 24.0 Å². The molecule has 9 N–H and O–H groups in total. The molecule has 0 radical (unpaired) electrons. The summed E-state index contributed by atoms with van der Waals surface area (Å²) in [5, 5.41) is 33.7. The zero-order valence-electron chi connectivity index (χ0n) is 66.6. The van der Waals surface area contributed by atoms with Crippen LogP contribution in [0.1, 0.15) is 126 Å². The monoisotopic (exact) mass is 1610 g/mol. The van der Waals surface area contributed by atoms with Crippen LogP contribution < -0.4 is 48.0 Å². The van der Waals surface area contributed by atoms with Gasteiger partial charge in [0.1, 0.15) is 6.10 Å². The van der Waals surface area contributed by atoms with Gasteiger partial charge in [0.25, 0.3) is 14.2 Å². The van der Waals surface area contributed by atoms with Crippen molar-refractivity contribution in [1.82, 2.24) is 51.5 Å². The minimum Gasteiger partial charge on any atom is -0.439 e. The number of ketones is 2. The number of carbonyl (C=O) groups excluding carboxylic acids is 7. The Morgan fingerprint density at radius 1 is 0.714 bits per heavy atom. The lowest BCUT2D eigenvalue weighted by Crippen LogP contribution is -2.67. The lowest BCUT2D eigenvalue weighted by atomic mass is 9.85. The van der Waals surface area contributed by atoms with Gasteiger partial charge in [0.2, 0.25) is 29.3 Å². The Morgan fingerprint density at radius 3 is 1.85 bits per heavy atom. The molecule has 11 rings (SSSR count). The number of aliphatic imine (C=N–C) groups is 3. The van der Waals surface area contributed by atoms with Gasteiger partial charge in [-0.1, -0.05) is 120 Å². The number of benzene rings is 2. The number of carbonyl (C=O) groups is 7. The highest BCUT2D eigenvalue weighted by Gasteiger charge is 2.51. The number of Topliss-reactive ketones (excluding diaryl/α,β-unsaturated/α-hetero) is 1. The lowest BCUT2D eigenvalue weighted by molar-refractivity contribution is -0.138. The van der Waals surface area contributed by atoms with E-state index in [-0.39, 0.29) is 115 Å². The Bertz CT molecular complexity index is 3870. The summed E-state index contributed by atoms with van der Waals surface area (Å²) in [5.74, 6) is 4.39. The number of primary amides is 1. The molecule has 4 fully saturated rings. The van der Waals surface area contributed by atoms with Crippen LogP contribution >= 0.6 is 35.3 Å². The van der Waals surface area contributed by atoms with Crippen molar-refractivity contribution in [2.24, 2.45) is 32.5 Å². The summed E-state index contributed by atoms with van der Waals surface area (Å²) >= 11 is 5.50. The number of nitrogens with one attached hydrogen (secondary N) is 6. The number of amides is 5. The summed E-state index contributed by atoms with van der Waals surface area (Å²) in [6.07, 6.45) is 10.2. The number of hydrogen-bond donors (Lipinski definition) is 8. The molecule has 610 valence electrons. The summed E-state index contributed by atoms with van der Waals surface area (Å²) < 4.78 is 24.2. The second-order valence-electron chi connectivity index (χ2n) is 32.2. The lowest BCUT2D eigenvalue weighted by Gasteiger charge is -2.44. The number of methoxy groups -OCH3 is 2. The van der Waals surface area contributed by atoms with Gasteiger partial charge in [0.05, 0.1) is 53.6 Å². The Hall–Kier alpha value is -7.45. The molecule has 0 saturated carbocycles. The first-order valence-electron chi connectivity index (χ1n) is 40.1. The summed E-state index contributed by atoms with van der Waals surface area (Å²) in [4.78, 5) is 118. The van der Waals surface area contributed by atoms with Crippen LogP contribution in [0.2, 0.25) is 5.04 Å². The van der Waals surface area contributed by atoms with Crippen LogP contribution in [0, 0.1) is 11.8 Å². The third kappa shape index (κ3) is 22.1. The molecule has 112 heavy (non-hydrogen) atoms. The van der Waals surface area contributed by atoms with Crippen molar-refractivity contribution >= 4 is 113 Å². The van der Waals surface area contributed by atoms with Gasteiger partial charge in [-0.25, -0.2) is 19.8 Å². The van der Waals surface area contributed by atoms with Crippen molar-refractivity contribution in [3.8, 4) is 0 Å². The number of allylic oxidation sites excluding steroid dienone is 4. The first-order valence-corrected chi connectivity index (χ1v) is 45.4. The third-order valence-electron chi connectivity index (χ3n) is 22.7. The van der Waals surface area contributed by atoms with E-state index in [1.807, 2.05) is 30.4 Å². The zero-order chi connectivity index (χ0) is 79.6. The number of aliphatic hydroxyl groups excluding tert-OH is 1. The highest BCUT2D eigenvalue weighted by molar-refractivity contribution is 8.00. The standard InChI is InChI=1S/C82H118N14O12S3Si/c1-52-41-64-72(66(97)44-65(74(64)101)92-76(102)53(2)19-16-24-67(105-8)75(108-78(83)104)55(4)43-54(3)73(100)68(42-52)106-9)85-33-18-32-84-70(98)25-17-34-96-71(99)45-69(77(96)103)111-51-61-31-40-95-39-30-60(90-81(95)91-61)50-110-49-59-29-38-94-37-28-58(88-80(94)89-59)48-109-47-57-27-36-93-35-26-56(86-79(93)87-57)46-107-112(82(5,6)7,62-20-12-10-13-21-62)63-22-14-11-15-23-63/h10-16,19-24,43-44,52,54,56-61,67-69,73,75,85,100H,17-18,25-42,45-51H2,1-9H3,(H2,83,104)(H,84,98)(H,86,87)(H,88,89)(H,90,91)(H,92,102)/t52?,54?,56-,57-,58-,59-,60-,61-,67?,68?,69?,73?,75?/m1/s1. The van der Waals surface area contributed by atoms with Crippen molar-refractivity contribution in [3.63, 3.8) is 0 Å². The van der Waals surface area contributed by atoms with Crippen molar-refractivity contribution in [2.75, 3.05) is 108 Å². The number of rotatable bonds is 28. The first-order chi connectivity index (χ1) is 53.9. The topological polar surface area (TPSA) is 325 Å². The third-order valence-corrected chi connectivity index (χ3v) is 31.6. The highest BCUT2D eigenvalue weighted by Crippen LogP contribution is 2.38. The maximum absolute atomic E-state index is 14.3. The van der Waals surface area contributed by atoms with Crippen LogP contribution in [-0.2, 0) is 47.4 Å². The second kappa shape index (κ2) is 40.2. The van der Waals surface area contributed by atoms with E-state index in [1.54, 1.807) is 26.0 Å². The fraction of sp³-hybridized carbons (Fsp3) is 0.610. The predicted octanol–water partition coefficient (Wildman–Crippen LogP) is 5.92. The van der Waals surface area contributed by atoms with E-state index < -0.39 is 67.5 Å². The maximum atomic E-state index is 14.3. The SMILES string of the molecule is COC1C=CC=C(C)C(=O)NC2=CC(=O)C(NCCCNC(=O)CCCN3C(=O)CC(SC[C@H]4CCN5CC[C@H](CSC[C@H]6CCN7CC[C@H](CSC[C@H]8CCN9CC[C@H](CO[Si](c%10ccccc%10)(c%10ccccc%10)C(C)(C)C)N=C9N8)N=C7N6)NC5=N4)C3=O)=C(CC(C)CC(OC)C(O)C(C)C=C(C)C1OC(N)=O)C2=O. The molecule has 0 aromatic heterocycles. The van der Waals surface area contributed by atoms with E-state index in [0.717, 1.165) is 125 Å². The summed E-state index contributed by atoms with van der Waals surface area (Å²) in [7, 11) is 0.236. The minimum absolute atomic E-state index is 0.0145. The van der Waals surface area contributed by atoms with Gasteiger partial charge in [-0.15, -0.1) is 11.8 Å². The number of nitrogens with zero attached hydrogens (tertiary/aromatic N) is 7. The zero-order valence-corrected chi connectivity index (χ0v) is 70.1. The van der Waals surface area contributed by atoms with Crippen molar-refractivity contribution in [3.05, 3.63) is 119 Å². The molecule has 2 aromatic rings. The quantitative estimate of drug-likeness (QED) is 0.0161. The molecule has 2 aromatic carbocycles. The largest absolute Gasteiger partial charge is 0.439 e. The van der Waals surface area contributed by atoms with E-state index in [4.69, 9.17) is 39.3 Å². The molecule has 0 spiro atoms. The fourth-order valence-corrected chi connectivity index (χ4v) is 24.6. The number of imide groups is 1. The average Bonchev–Trinajstić information content (AvgIpc) is 0.872. The van der Waals surface area contributed by atoms with Crippen molar-refractivity contribution < 1.29 is 57.3 Å². The van der Waals surface area contributed by atoms with Gasteiger partial charge >= 0.3 is 6.09 Å². The van der Waals surface area contributed by atoms with Crippen LogP contribution in [0.15, 0.2) is 134 Å². The Balaban J connectivity index is 0.576. The molecule has 5 amide bonds. The van der Waals surface area contributed by atoms with E-state index in [9.17, 15) is 38.7 Å². The number of aliphatic hydroxyl groups is 1. The van der Waals surface area contributed by atoms with E-state index in [2.05, 4.69) is 128 Å². The second-order valence-corrected chi connectivity index (χ2v) is 39.9. The van der Waals surface area contributed by atoms with E-state index >= 15 is 0 Å². The van der Waals surface area contributed by atoms with Crippen molar-refractivity contribution in [2.45, 2.75) is 196 Å². The normalized spacial score (nSPS) is 27.7. The van der Waals surface area contributed by atoms with Gasteiger partial charge in [-0.2, -0.15) is 23.5 Å². The number of fused-ring (bicyclic) bond motifs is 5. The Kier molecular flexibility index (Phi) is 30.7. The molecule has 26 nitrogen and oxygen atoms in total. The molecule has 30 heteroatoms. The smallest absolute Gasteiger partial charge is 0.405 e. The molecule has 8 heterocycles. The number of ether oxygens (including phenoxy) is 3. The van der Waals surface area contributed by atoms with Crippen LogP contribution in [0.5, 0.6) is 0 Å². The van der Waals surface area contributed by atoms with Crippen molar-refractivity contribution in [1.29, 1.82) is 0 Å². The fourth-order valence-electron chi connectivity index (χ4n) is 16.4. The van der Waals surface area contributed by atoms with E-state index in [1.165, 1.54) is 60.3 Å². The van der Waals surface area contributed by atoms with Crippen LogP contribution in [0.4, 0.5) is 4.79 Å². The first kappa shape index (κ1) is 85.4. The van der Waals surface area contributed by atoms with Gasteiger partial charge in [0, 0.05) is 156 Å². The number of guanidine groups is 3. The molecule has 9 aliphatic rings. The Labute approximate surface area is 674 Å². The van der Waals surface area contributed by atoms with Crippen LogP contribution in [0.25, 0.3) is 0 Å². The van der Waals surface area contributed by atoms with E-state index in [0.29, 0.717) is 48.9 Å². The van der Waals surface area contributed by atoms with Crippen LogP contribution in [-0.4, -0.2) is 267 Å². The molecular formula is C82H118N14O12S3Si. The molecule has 8 aliphatic heterocycles.